The van der Waals surface area contributed by atoms with Gasteiger partial charge in [-0.05, 0) is 38.3 Å². The average molecular weight is 289 g/mol. The van der Waals surface area contributed by atoms with E-state index in [-0.39, 0.29) is 24.0 Å². The molecule has 1 amide bonds. The molecule has 114 valence electrons. The van der Waals surface area contributed by atoms with E-state index < -0.39 is 0 Å². The van der Waals surface area contributed by atoms with Gasteiger partial charge in [0.05, 0.1) is 12.7 Å². The van der Waals surface area contributed by atoms with Crippen LogP contribution in [0.3, 0.4) is 0 Å². The van der Waals surface area contributed by atoms with Crippen molar-refractivity contribution in [3.8, 4) is 0 Å². The Morgan fingerprint density at radius 3 is 3.00 bits per heavy atom. The molecule has 0 radical (unpaired) electrons. The molecule has 2 heterocycles. The van der Waals surface area contributed by atoms with Crippen molar-refractivity contribution in [2.75, 3.05) is 19.8 Å². The van der Waals surface area contributed by atoms with Crippen molar-refractivity contribution in [1.82, 2.24) is 4.90 Å². The molecule has 1 N–H and O–H groups in total. The van der Waals surface area contributed by atoms with Crippen LogP contribution in [0.15, 0.2) is 24.3 Å². The number of nitrogens with zero attached hydrogens (tertiary/aromatic N) is 1. The number of carbonyl (C=O) groups is 1. The van der Waals surface area contributed by atoms with Crippen LogP contribution >= 0.6 is 0 Å². The van der Waals surface area contributed by atoms with Gasteiger partial charge in [0.25, 0.3) is 5.91 Å². The van der Waals surface area contributed by atoms with E-state index in [9.17, 15) is 9.90 Å². The second-order valence-electron chi connectivity index (χ2n) is 6.17. The quantitative estimate of drug-likeness (QED) is 0.906. The lowest BCUT2D eigenvalue weighted by atomic mass is 9.89. The largest absolute Gasteiger partial charge is 0.393 e. The number of aliphatic hydroxyl groups excluding tert-OH is 1. The van der Waals surface area contributed by atoms with Crippen molar-refractivity contribution in [1.29, 1.82) is 0 Å². The SMILES string of the molecule is Cc1cccc(C(=O)N2CCC[C@@H]2[C@H]2COCC[C@@H]2O)c1. The highest BCUT2D eigenvalue weighted by Crippen LogP contribution is 2.31. The number of likely N-dealkylation sites (tertiary alicyclic amines) is 1. The number of aryl methyl sites for hydroxylation is 1. The van der Waals surface area contributed by atoms with Crippen LogP contribution in [-0.4, -0.2) is 47.8 Å². The van der Waals surface area contributed by atoms with Gasteiger partial charge in [-0.15, -0.1) is 0 Å². The van der Waals surface area contributed by atoms with Crippen LogP contribution in [0.4, 0.5) is 0 Å². The lowest BCUT2D eigenvalue weighted by Crippen LogP contribution is -2.48. The summed E-state index contributed by atoms with van der Waals surface area (Å²) in [6.45, 7) is 3.96. The van der Waals surface area contributed by atoms with Gasteiger partial charge < -0.3 is 14.7 Å². The first-order chi connectivity index (χ1) is 10.2. The second kappa shape index (κ2) is 6.16. The van der Waals surface area contributed by atoms with Gasteiger partial charge in [-0.25, -0.2) is 0 Å². The molecule has 21 heavy (non-hydrogen) atoms. The Hall–Kier alpha value is -1.39. The highest BCUT2D eigenvalue weighted by atomic mass is 16.5. The molecule has 0 spiro atoms. The Morgan fingerprint density at radius 1 is 1.38 bits per heavy atom. The second-order valence-corrected chi connectivity index (χ2v) is 6.17. The first-order valence-corrected chi connectivity index (χ1v) is 7.80. The molecule has 4 heteroatoms. The highest BCUT2D eigenvalue weighted by molar-refractivity contribution is 5.94. The molecule has 0 aliphatic carbocycles. The molecule has 3 rings (SSSR count). The van der Waals surface area contributed by atoms with Gasteiger partial charge in [0, 0.05) is 30.7 Å². The Bertz CT molecular complexity index is 517. The highest BCUT2D eigenvalue weighted by Gasteiger charge is 2.39. The zero-order chi connectivity index (χ0) is 14.8. The molecule has 0 bridgehead atoms. The van der Waals surface area contributed by atoms with E-state index in [1.165, 1.54) is 0 Å². The maximum absolute atomic E-state index is 12.8. The van der Waals surface area contributed by atoms with Crippen LogP contribution < -0.4 is 0 Å². The molecule has 1 aromatic carbocycles. The third kappa shape index (κ3) is 2.97. The summed E-state index contributed by atoms with van der Waals surface area (Å²) in [4.78, 5) is 14.7. The third-order valence-corrected chi connectivity index (χ3v) is 4.68. The smallest absolute Gasteiger partial charge is 0.254 e. The molecule has 0 unspecified atom stereocenters. The molecular weight excluding hydrogens is 266 g/mol. The van der Waals surface area contributed by atoms with E-state index >= 15 is 0 Å². The van der Waals surface area contributed by atoms with Gasteiger partial charge >= 0.3 is 0 Å². The summed E-state index contributed by atoms with van der Waals surface area (Å²) in [5.74, 6) is 0.133. The first-order valence-electron chi connectivity index (χ1n) is 7.80. The van der Waals surface area contributed by atoms with Gasteiger partial charge in [-0.2, -0.15) is 0 Å². The number of hydrogen-bond acceptors (Lipinski definition) is 3. The fraction of sp³-hybridized carbons (Fsp3) is 0.588. The minimum atomic E-state index is -0.352. The molecular formula is C17H23NO3. The number of aliphatic hydroxyl groups is 1. The van der Waals surface area contributed by atoms with Crippen LogP contribution in [0.5, 0.6) is 0 Å². The van der Waals surface area contributed by atoms with Crippen molar-refractivity contribution in [3.05, 3.63) is 35.4 Å². The van der Waals surface area contributed by atoms with E-state index in [2.05, 4.69) is 0 Å². The zero-order valence-electron chi connectivity index (χ0n) is 12.5. The molecule has 2 fully saturated rings. The van der Waals surface area contributed by atoms with Crippen LogP contribution in [0.2, 0.25) is 0 Å². The molecule has 3 atom stereocenters. The topological polar surface area (TPSA) is 49.8 Å². The minimum Gasteiger partial charge on any atom is -0.393 e. The summed E-state index contributed by atoms with van der Waals surface area (Å²) < 4.78 is 5.52. The number of rotatable bonds is 2. The van der Waals surface area contributed by atoms with E-state index in [0.717, 1.165) is 30.5 Å². The molecule has 2 aliphatic heterocycles. The average Bonchev–Trinajstić information content (AvgIpc) is 2.96. The molecule has 4 nitrogen and oxygen atoms in total. The maximum atomic E-state index is 12.8. The lowest BCUT2D eigenvalue weighted by Gasteiger charge is -2.37. The van der Waals surface area contributed by atoms with Crippen molar-refractivity contribution < 1.29 is 14.6 Å². The first kappa shape index (κ1) is 14.5. The standard InChI is InChI=1S/C17H23NO3/c1-12-4-2-5-13(10-12)17(20)18-8-3-6-15(18)14-11-21-9-7-16(14)19/h2,4-5,10,14-16,19H,3,6-9,11H2,1H3/t14-,15-,16+/m1/s1. The predicted molar refractivity (Wildman–Crippen MR) is 80.2 cm³/mol. The Labute approximate surface area is 125 Å². The number of amides is 1. The third-order valence-electron chi connectivity index (χ3n) is 4.68. The van der Waals surface area contributed by atoms with E-state index in [1.54, 1.807) is 0 Å². The summed E-state index contributed by atoms with van der Waals surface area (Å²) >= 11 is 0. The Balaban J connectivity index is 1.78. The van der Waals surface area contributed by atoms with Gasteiger partial charge in [0.15, 0.2) is 0 Å². The fourth-order valence-electron chi connectivity index (χ4n) is 3.55. The molecule has 1 aromatic rings. The number of hydrogen-bond donors (Lipinski definition) is 1. The van der Waals surface area contributed by atoms with Crippen molar-refractivity contribution in [3.63, 3.8) is 0 Å². The maximum Gasteiger partial charge on any atom is 0.254 e. The summed E-state index contributed by atoms with van der Waals surface area (Å²) in [5.41, 5.74) is 1.84. The van der Waals surface area contributed by atoms with Crippen LogP contribution in [-0.2, 0) is 4.74 Å². The van der Waals surface area contributed by atoms with Crippen molar-refractivity contribution in [2.24, 2.45) is 5.92 Å². The van der Waals surface area contributed by atoms with Crippen LogP contribution in [0.25, 0.3) is 0 Å². The fourth-order valence-corrected chi connectivity index (χ4v) is 3.55. The zero-order valence-corrected chi connectivity index (χ0v) is 12.5. The summed E-state index contributed by atoms with van der Waals surface area (Å²) in [6.07, 6.45) is 2.29. The molecule has 2 aliphatic rings. The minimum absolute atomic E-state index is 0.0509. The Morgan fingerprint density at radius 2 is 2.24 bits per heavy atom. The van der Waals surface area contributed by atoms with Gasteiger partial charge in [-0.3, -0.25) is 4.79 Å². The van der Waals surface area contributed by atoms with E-state index in [1.807, 2.05) is 36.1 Å². The normalized spacial score (nSPS) is 29.6. The molecule has 0 saturated carbocycles. The Kier molecular flexibility index (Phi) is 4.27. The molecule has 0 aromatic heterocycles. The van der Waals surface area contributed by atoms with Gasteiger partial charge in [0.1, 0.15) is 0 Å². The van der Waals surface area contributed by atoms with Crippen LogP contribution in [0.1, 0.15) is 35.2 Å². The number of ether oxygens (including phenoxy) is 1. The van der Waals surface area contributed by atoms with Crippen molar-refractivity contribution >= 4 is 5.91 Å². The monoisotopic (exact) mass is 289 g/mol. The van der Waals surface area contributed by atoms with Crippen LogP contribution in [0, 0.1) is 12.8 Å². The van der Waals surface area contributed by atoms with Gasteiger partial charge in [-0.1, -0.05) is 17.7 Å². The predicted octanol–water partition coefficient (Wildman–Crippen LogP) is 2.00. The summed E-state index contributed by atoms with van der Waals surface area (Å²) in [7, 11) is 0. The summed E-state index contributed by atoms with van der Waals surface area (Å²) in [5, 5.41) is 10.2. The van der Waals surface area contributed by atoms with E-state index in [4.69, 9.17) is 4.74 Å². The van der Waals surface area contributed by atoms with Gasteiger partial charge in [0.2, 0.25) is 0 Å². The van der Waals surface area contributed by atoms with Crippen molar-refractivity contribution in [2.45, 2.75) is 38.3 Å². The summed E-state index contributed by atoms with van der Waals surface area (Å²) in [6, 6.07) is 7.83. The lowest BCUT2D eigenvalue weighted by molar-refractivity contribution is -0.0589. The number of benzene rings is 1. The van der Waals surface area contributed by atoms with E-state index in [0.29, 0.717) is 19.6 Å². The molecule has 2 saturated heterocycles. The number of carbonyl (C=O) groups excluding carboxylic acids is 1.